The van der Waals surface area contributed by atoms with Crippen LogP contribution < -0.4 is 0 Å². The minimum atomic E-state index is 0.211. The molecule has 2 heterocycles. The number of rotatable bonds is 2. The van der Waals surface area contributed by atoms with Crippen molar-refractivity contribution < 1.29 is 4.79 Å². The van der Waals surface area contributed by atoms with Crippen molar-refractivity contribution in [2.24, 2.45) is 0 Å². The minimum Gasteiger partial charge on any atom is -0.331 e. The van der Waals surface area contributed by atoms with E-state index in [0.717, 1.165) is 12.1 Å². The van der Waals surface area contributed by atoms with Crippen LogP contribution in [-0.2, 0) is 6.54 Å². The Hall–Kier alpha value is -0.830. The molecule has 0 atom stereocenters. The molecule has 2 rings (SSSR count). The van der Waals surface area contributed by atoms with Crippen molar-refractivity contribution in [3.8, 4) is 0 Å². The van der Waals surface area contributed by atoms with Crippen LogP contribution >= 0.6 is 11.3 Å². The maximum atomic E-state index is 12.0. The second kappa shape index (κ2) is 3.63. The lowest BCUT2D eigenvalue weighted by molar-refractivity contribution is 0.0731. The molecule has 2 nitrogen and oxygen atoms in total. The normalized spacial score (nSPS) is 15.6. The third-order valence-corrected chi connectivity index (χ3v) is 4.25. The van der Waals surface area contributed by atoms with E-state index in [4.69, 9.17) is 0 Å². The van der Waals surface area contributed by atoms with Crippen LogP contribution in [0.4, 0.5) is 0 Å². The van der Waals surface area contributed by atoms with Crippen molar-refractivity contribution in [1.82, 2.24) is 4.90 Å². The molecule has 0 aliphatic carbocycles. The van der Waals surface area contributed by atoms with E-state index >= 15 is 0 Å². The highest BCUT2D eigenvalue weighted by Gasteiger charge is 2.31. The van der Waals surface area contributed by atoms with Gasteiger partial charge >= 0.3 is 0 Å². The first-order valence-corrected chi connectivity index (χ1v) is 6.26. The number of hydrogen-bond acceptors (Lipinski definition) is 2. The molecule has 82 valence electrons. The molecule has 15 heavy (non-hydrogen) atoms. The third-order valence-electron chi connectivity index (χ3n) is 2.83. The Morgan fingerprint density at radius 3 is 2.47 bits per heavy atom. The topological polar surface area (TPSA) is 20.3 Å². The standard InChI is InChI=1S/C12H17NOS/c1-7(2)10-5-9-11(15-10)6-13(8(3)4)12(9)14/h5,7-8H,6H2,1-4H3. The Labute approximate surface area is 94.9 Å². The van der Waals surface area contributed by atoms with Gasteiger partial charge in [0.1, 0.15) is 0 Å². The number of nitrogens with zero attached hydrogens (tertiary/aromatic N) is 1. The maximum absolute atomic E-state index is 12.0. The largest absolute Gasteiger partial charge is 0.331 e. The van der Waals surface area contributed by atoms with E-state index in [-0.39, 0.29) is 5.91 Å². The molecule has 0 saturated heterocycles. The predicted octanol–water partition coefficient (Wildman–Crippen LogP) is 3.24. The molecular weight excluding hydrogens is 206 g/mol. The molecule has 1 aromatic rings. The zero-order chi connectivity index (χ0) is 11.2. The highest BCUT2D eigenvalue weighted by molar-refractivity contribution is 7.12. The quantitative estimate of drug-likeness (QED) is 0.753. The Kier molecular flexibility index (Phi) is 2.59. The lowest BCUT2D eigenvalue weighted by Gasteiger charge is -2.20. The van der Waals surface area contributed by atoms with Gasteiger partial charge in [-0.1, -0.05) is 13.8 Å². The van der Waals surface area contributed by atoms with Crippen LogP contribution in [0, 0.1) is 0 Å². The lowest BCUT2D eigenvalue weighted by Crippen LogP contribution is -2.30. The summed E-state index contributed by atoms with van der Waals surface area (Å²) in [7, 11) is 0. The molecule has 3 heteroatoms. The van der Waals surface area contributed by atoms with Crippen molar-refractivity contribution in [3.05, 3.63) is 21.4 Å². The van der Waals surface area contributed by atoms with Gasteiger partial charge in [0.2, 0.25) is 0 Å². The summed E-state index contributed by atoms with van der Waals surface area (Å²) in [6.45, 7) is 9.29. The predicted molar refractivity (Wildman–Crippen MR) is 63.4 cm³/mol. The minimum absolute atomic E-state index is 0.211. The summed E-state index contributed by atoms with van der Waals surface area (Å²) in [5.41, 5.74) is 0.942. The van der Waals surface area contributed by atoms with Crippen molar-refractivity contribution in [1.29, 1.82) is 0 Å². The Morgan fingerprint density at radius 2 is 2.00 bits per heavy atom. The first-order valence-electron chi connectivity index (χ1n) is 5.44. The fraction of sp³-hybridized carbons (Fsp3) is 0.583. The summed E-state index contributed by atoms with van der Waals surface area (Å²) in [6.07, 6.45) is 0. The first-order chi connectivity index (χ1) is 7.00. The summed E-state index contributed by atoms with van der Waals surface area (Å²) < 4.78 is 0. The summed E-state index contributed by atoms with van der Waals surface area (Å²) in [5.74, 6) is 0.740. The van der Waals surface area contributed by atoms with E-state index in [2.05, 4.69) is 33.8 Å². The van der Waals surface area contributed by atoms with Crippen LogP contribution in [0.2, 0.25) is 0 Å². The van der Waals surface area contributed by atoms with Crippen LogP contribution in [0.3, 0.4) is 0 Å². The molecule has 0 bridgehead atoms. The number of carbonyl (C=O) groups excluding carboxylic acids is 1. The van der Waals surface area contributed by atoms with Gasteiger partial charge in [0.15, 0.2) is 0 Å². The number of hydrogen-bond donors (Lipinski definition) is 0. The average molecular weight is 223 g/mol. The van der Waals surface area contributed by atoms with Crippen molar-refractivity contribution in [3.63, 3.8) is 0 Å². The SMILES string of the molecule is CC(C)c1cc2c(s1)CN(C(C)C)C2=O. The van der Waals surface area contributed by atoms with E-state index in [1.54, 1.807) is 11.3 Å². The van der Waals surface area contributed by atoms with Crippen LogP contribution in [0.15, 0.2) is 6.07 Å². The molecular formula is C12H17NOS. The fourth-order valence-corrected chi connectivity index (χ4v) is 2.99. The number of amides is 1. The zero-order valence-electron chi connectivity index (χ0n) is 9.70. The van der Waals surface area contributed by atoms with E-state index < -0.39 is 0 Å². The molecule has 0 spiro atoms. The average Bonchev–Trinajstić information content (AvgIpc) is 2.65. The molecule has 1 aliphatic rings. The first kappa shape index (κ1) is 10.7. The fourth-order valence-electron chi connectivity index (χ4n) is 1.83. The van der Waals surface area contributed by atoms with E-state index in [0.29, 0.717) is 12.0 Å². The maximum Gasteiger partial charge on any atom is 0.255 e. The van der Waals surface area contributed by atoms with Gasteiger partial charge in [-0.3, -0.25) is 4.79 Å². The third kappa shape index (κ3) is 1.69. The van der Waals surface area contributed by atoms with E-state index in [9.17, 15) is 4.79 Å². The number of thiophene rings is 1. The van der Waals surface area contributed by atoms with Gasteiger partial charge in [-0.05, 0) is 25.8 Å². The monoisotopic (exact) mass is 223 g/mol. The molecule has 0 unspecified atom stereocenters. The molecule has 0 N–H and O–H groups in total. The van der Waals surface area contributed by atoms with Gasteiger partial charge in [0.25, 0.3) is 5.91 Å². The Morgan fingerprint density at radius 1 is 1.33 bits per heavy atom. The van der Waals surface area contributed by atoms with Crippen molar-refractivity contribution in [2.45, 2.75) is 46.2 Å². The van der Waals surface area contributed by atoms with Crippen LogP contribution in [0.25, 0.3) is 0 Å². The van der Waals surface area contributed by atoms with Gasteiger partial charge < -0.3 is 4.90 Å². The van der Waals surface area contributed by atoms with Crippen molar-refractivity contribution >= 4 is 17.2 Å². The van der Waals surface area contributed by atoms with E-state index in [1.807, 2.05) is 4.90 Å². The highest BCUT2D eigenvalue weighted by Crippen LogP contribution is 2.35. The van der Waals surface area contributed by atoms with Crippen LogP contribution in [-0.4, -0.2) is 16.8 Å². The number of carbonyl (C=O) groups is 1. The van der Waals surface area contributed by atoms with Gasteiger partial charge in [0, 0.05) is 15.8 Å². The molecule has 0 radical (unpaired) electrons. The lowest BCUT2D eigenvalue weighted by atomic mass is 10.1. The van der Waals surface area contributed by atoms with Gasteiger partial charge in [-0.25, -0.2) is 0 Å². The smallest absolute Gasteiger partial charge is 0.255 e. The Balaban J connectivity index is 2.30. The second-order valence-corrected chi connectivity index (χ2v) is 5.84. The van der Waals surface area contributed by atoms with Crippen molar-refractivity contribution in [2.75, 3.05) is 0 Å². The molecule has 0 aromatic carbocycles. The summed E-state index contributed by atoms with van der Waals surface area (Å²) in [6, 6.07) is 2.38. The van der Waals surface area contributed by atoms with E-state index in [1.165, 1.54) is 9.75 Å². The zero-order valence-corrected chi connectivity index (χ0v) is 10.5. The van der Waals surface area contributed by atoms with Crippen LogP contribution in [0.5, 0.6) is 0 Å². The van der Waals surface area contributed by atoms with Gasteiger partial charge in [-0.2, -0.15) is 0 Å². The molecule has 1 aromatic heterocycles. The van der Waals surface area contributed by atoms with Crippen LogP contribution in [0.1, 0.15) is 53.7 Å². The van der Waals surface area contributed by atoms with Gasteiger partial charge in [-0.15, -0.1) is 11.3 Å². The molecule has 1 amide bonds. The molecule has 1 aliphatic heterocycles. The summed E-state index contributed by atoms with van der Waals surface area (Å²) >= 11 is 1.79. The number of fused-ring (bicyclic) bond motifs is 1. The Bertz CT molecular complexity index is 392. The highest BCUT2D eigenvalue weighted by atomic mass is 32.1. The summed E-state index contributed by atoms with van der Waals surface area (Å²) in [4.78, 5) is 16.5. The second-order valence-electron chi connectivity index (χ2n) is 4.67. The summed E-state index contributed by atoms with van der Waals surface area (Å²) in [5, 5.41) is 0. The molecule has 0 saturated carbocycles. The van der Waals surface area contributed by atoms with Gasteiger partial charge in [0.05, 0.1) is 12.1 Å². The molecule has 0 fully saturated rings.